The molecule has 0 spiro atoms. The highest BCUT2D eigenvalue weighted by atomic mass is 32.1. The van der Waals surface area contributed by atoms with Crippen molar-refractivity contribution in [2.75, 3.05) is 18.1 Å². The molecule has 0 aliphatic carbocycles. The number of benzene rings is 1. The van der Waals surface area contributed by atoms with Crippen LogP contribution in [0.25, 0.3) is 0 Å². The number of nitrogens with one attached hydrogen (secondary N) is 1. The molecule has 1 N–H and O–H groups in total. The first-order chi connectivity index (χ1) is 12.5. The van der Waals surface area contributed by atoms with Crippen LogP contribution in [0.15, 0.2) is 41.8 Å². The third kappa shape index (κ3) is 4.29. The van der Waals surface area contributed by atoms with Crippen LogP contribution >= 0.6 is 11.3 Å². The first-order valence-electron chi connectivity index (χ1n) is 8.45. The van der Waals surface area contributed by atoms with Crippen molar-refractivity contribution in [2.24, 2.45) is 0 Å². The number of carbonyl (C=O) groups is 3. The monoisotopic (exact) mass is 372 g/mol. The number of esters is 1. The Bertz CT molecular complexity index is 786. The van der Waals surface area contributed by atoms with Crippen LogP contribution in [-0.2, 0) is 14.3 Å². The summed E-state index contributed by atoms with van der Waals surface area (Å²) in [6.45, 7) is 2.25. The molecule has 0 unspecified atom stereocenters. The van der Waals surface area contributed by atoms with E-state index in [1.165, 1.54) is 0 Å². The highest BCUT2D eigenvalue weighted by Gasteiger charge is 2.22. The molecule has 1 atom stereocenters. The van der Waals surface area contributed by atoms with Crippen LogP contribution in [-0.4, -0.2) is 30.9 Å². The lowest BCUT2D eigenvalue weighted by Crippen LogP contribution is -2.30. The topological polar surface area (TPSA) is 75.7 Å². The van der Waals surface area contributed by atoms with E-state index in [9.17, 15) is 14.4 Å². The molecule has 0 radical (unpaired) electrons. The number of amides is 2. The second-order valence-electron chi connectivity index (χ2n) is 6.08. The molecule has 1 aliphatic rings. The van der Waals surface area contributed by atoms with Gasteiger partial charge in [-0.05, 0) is 49.1 Å². The summed E-state index contributed by atoms with van der Waals surface area (Å²) in [5.74, 6) is -0.821. The van der Waals surface area contributed by atoms with Crippen LogP contribution in [0.4, 0.5) is 5.69 Å². The van der Waals surface area contributed by atoms with Gasteiger partial charge in [0.1, 0.15) is 0 Å². The third-order valence-corrected chi connectivity index (χ3v) is 5.22. The zero-order valence-corrected chi connectivity index (χ0v) is 15.3. The first-order valence-corrected chi connectivity index (χ1v) is 9.33. The van der Waals surface area contributed by atoms with Gasteiger partial charge in [-0.15, -0.1) is 11.3 Å². The Hall–Kier alpha value is -2.67. The molecule has 0 saturated carbocycles. The van der Waals surface area contributed by atoms with Crippen LogP contribution < -0.4 is 10.2 Å². The summed E-state index contributed by atoms with van der Waals surface area (Å²) in [6.07, 6.45) is 1.41. The zero-order valence-electron chi connectivity index (χ0n) is 14.4. The van der Waals surface area contributed by atoms with E-state index < -0.39 is 5.97 Å². The van der Waals surface area contributed by atoms with E-state index >= 15 is 0 Å². The van der Waals surface area contributed by atoms with Crippen molar-refractivity contribution in [1.29, 1.82) is 0 Å². The number of thiophene rings is 1. The van der Waals surface area contributed by atoms with Gasteiger partial charge >= 0.3 is 5.97 Å². The number of carbonyl (C=O) groups excluding carboxylic acids is 3. The van der Waals surface area contributed by atoms with Crippen molar-refractivity contribution in [3.8, 4) is 0 Å². The summed E-state index contributed by atoms with van der Waals surface area (Å²) in [4.78, 5) is 38.5. The molecule has 6 nitrogen and oxygen atoms in total. The molecule has 1 saturated heterocycles. The number of hydrogen-bond acceptors (Lipinski definition) is 5. The summed E-state index contributed by atoms with van der Waals surface area (Å²) in [6, 6.07) is 10.4. The smallest absolute Gasteiger partial charge is 0.338 e. The second-order valence-corrected chi connectivity index (χ2v) is 7.06. The number of ether oxygens (including phenoxy) is 1. The Morgan fingerprint density at radius 3 is 2.65 bits per heavy atom. The molecule has 3 rings (SSSR count). The van der Waals surface area contributed by atoms with E-state index in [4.69, 9.17) is 4.74 Å². The van der Waals surface area contributed by atoms with Gasteiger partial charge in [0.05, 0.1) is 11.6 Å². The van der Waals surface area contributed by atoms with Crippen molar-refractivity contribution in [2.45, 2.75) is 25.8 Å². The Labute approximate surface area is 155 Å². The molecule has 2 heterocycles. The van der Waals surface area contributed by atoms with E-state index in [1.807, 2.05) is 24.4 Å². The largest absolute Gasteiger partial charge is 0.452 e. The minimum absolute atomic E-state index is 0.0943. The summed E-state index contributed by atoms with van der Waals surface area (Å²) >= 11 is 1.56. The third-order valence-electron chi connectivity index (χ3n) is 4.17. The number of hydrogen-bond donors (Lipinski definition) is 1. The Balaban J connectivity index is 1.50. The van der Waals surface area contributed by atoms with E-state index in [2.05, 4.69) is 5.32 Å². The Kier molecular flexibility index (Phi) is 5.68. The first kappa shape index (κ1) is 18.1. The minimum atomic E-state index is -0.566. The minimum Gasteiger partial charge on any atom is -0.452 e. The Morgan fingerprint density at radius 2 is 2.04 bits per heavy atom. The lowest BCUT2D eigenvalue weighted by molar-refractivity contribution is -0.124. The predicted octanol–water partition coefficient (Wildman–Crippen LogP) is 2.91. The van der Waals surface area contributed by atoms with E-state index in [1.54, 1.807) is 40.5 Å². The van der Waals surface area contributed by atoms with E-state index in [-0.39, 0.29) is 24.5 Å². The van der Waals surface area contributed by atoms with Crippen molar-refractivity contribution in [3.63, 3.8) is 0 Å². The predicted molar refractivity (Wildman–Crippen MR) is 99.2 cm³/mol. The molecule has 2 aromatic rings. The molecule has 1 fully saturated rings. The highest BCUT2D eigenvalue weighted by molar-refractivity contribution is 7.10. The SMILES string of the molecule is C[C@@H](NC(=O)COC(=O)c1ccc(N2CCCC2=O)cc1)c1cccs1. The van der Waals surface area contributed by atoms with Gasteiger partial charge in [0.15, 0.2) is 6.61 Å². The number of nitrogens with zero attached hydrogens (tertiary/aromatic N) is 1. The van der Waals surface area contributed by atoms with Gasteiger partial charge in [0, 0.05) is 23.5 Å². The van der Waals surface area contributed by atoms with Gasteiger partial charge in [-0.1, -0.05) is 6.07 Å². The van der Waals surface area contributed by atoms with Crippen LogP contribution in [0.3, 0.4) is 0 Å². The Morgan fingerprint density at radius 1 is 1.27 bits per heavy atom. The zero-order chi connectivity index (χ0) is 18.5. The average Bonchev–Trinajstić information content (AvgIpc) is 3.31. The summed E-state index contributed by atoms with van der Waals surface area (Å²) in [5.41, 5.74) is 1.12. The standard InChI is InChI=1S/C19H20N2O4S/c1-13(16-4-3-11-26-16)20-17(22)12-25-19(24)14-6-8-15(9-7-14)21-10-2-5-18(21)23/h3-4,6-9,11,13H,2,5,10,12H2,1H3,(H,20,22)/t13-/m1/s1. The van der Waals surface area contributed by atoms with Crippen molar-refractivity contribution < 1.29 is 19.1 Å². The van der Waals surface area contributed by atoms with E-state index in [0.717, 1.165) is 17.0 Å². The van der Waals surface area contributed by atoms with Crippen LogP contribution in [0.5, 0.6) is 0 Å². The summed E-state index contributed by atoms with van der Waals surface area (Å²) < 4.78 is 5.07. The fraction of sp³-hybridized carbons (Fsp3) is 0.316. The molecule has 26 heavy (non-hydrogen) atoms. The maximum Gasteiger partial charge on any atom is 0.338 e. The molecular weight excluding hydrogens is 352 g/mol. The van der Waals surface area contributed by atoms with Gasteiger partial charge in [0.2, 0.25) is 5.91 Å². The second kappa shape index (κ2) is 8.14. The molecule has 1 aromatic carbocycles. The van der Waals surface area contributed by atoms with Gasteiger partial charge in [-0.3, -0.25) is 9.59 Å². The van der Waals surface area contributed by atoms with Crippen molar-refractivity contribution in [1.82, 2.24) is 5.32 Å². The molecule has 1 aliphatic heterocycles. The lowest BCUT2D eigenvalue weighted by Gasteiger charge is -2.16. The lowest BCUT2D eigenvalue weighted by atomic mass is 10.2. The molecule has 1 aromatic heterocycles. The molecule has 2 amide bonds. The normalized spacial score (nSPS) is 15.0. The van der Waals surface area contributed by atoms with Gasteiger partial charge in [0.25, 0.3) is 5.91 Å². The fourth-order valence-corrected chi connectivity index (χ4v) is 3.54. The highest BCUT2D eigenvalue weighted by Crippen LogP contribution is 2.22. The van der Waals surface area contributed by atoms with Gasteiger partial charge in [-0.2, -0.15) is 0 Å². The summed E-state index contributed by atoms with van der Waals surface area (Å²) in [7, 11) is 0. The molecule has 0 bridgehead atoms. The fourth-order valence-electron chi connectivity index (χ4n) is 2.80. The van der Waals surface area contributed by atoms with Crippen LogP contribution in [0.2, 0.25) is 0 Å². The van der Waals surface area contributed by atoms with Gasteiger partial charge < -0.3 is 15.0 Å². The van der Waals surface area contributed by atoms with Crippen molar-refractivity contribution >= 4 is 34.8 Å². The molecular formula is C19H20N2O4S. The van der Waals surface area contributed by atoms with Crippen molar-refractivity contribution in [3.05, 3.63) is 52.2 Å². The van der Waals surface area contributed by atoms with Crippen LogP contribution in [0.1, 0.15) is 41.0 Å². The van der Waals surface area contributed by atoms with E-state index in [0.29, 0.717) is 18.5 Å². The average molecular weight is 372 g/mol. The maximum absolute atomic E-state index is 12.1. The number of anilines is 1. The maximum atomic E-state index is 12.1. The quantitative estimate of drug-likeness (QED) is 0.791. The number of rotatable bonds is 6. The van der Waals surface area contributed by atoms with Gasteiger partial charge in [-0.25, -0.2) is 4.79 Å². The van der Waals surface area contributed by atoms with Crippen LogP contribution in [0, 0.1) is 0 Å². The molecule has 7 heteroatoms. The summed E-state index contributed by atoms with van der Waals surface area (Å²) in [5, 5.41) is 4.73. The molecule has 136 valence electrons.